The molecule has 100 valence electrons. The zero-order valence-electron chi connectivity index (χ0n) is 10.1. The second-order valence-corrected chi connectivity index (χ2v) is 6.52. The van der Waals surface area contributed by atoms with Gasteiger partial charge in [-0.25, -0.2) is 13.1 Å². The number of benzene rings is 1. The summed E-state index contributed by atoms with van der Waals surface area (Å²) < 4.78 is 26.2. The van der Waals surface area contributed by atoms with Crippen LogP contribution in [0.2, 0.25) is 0 Å². The molecule has 3 N–H and O–H groups in total. The highest BCUT2D eigenvalue weighted by atomic mass is 32.2. The third kappa shape index (κ3) is 3.78. The Balaban J connectivity index is 1.92. The summed E-state index contributed by atoms with van der Waals surface area (Å²) in [4.78, 5) is 0. The van der Waals surface area contributed by atoms with E-state index in [4.69, 9.17) is 0 Å². The summed E-state index contributed by atoms with van der Waals surface area (Å²) in [6.07, 6.45) is 0.570. The van der Waals surface area contributed by atoms with Gasteiger partial charge in [0.15, 0.2) is 0 Å². The molecule has 0 amide bonds. The SMILES string of the molecule is O=S(=O)(Cc1ccccc1)NCC1(O)CCNC1. The normalized spacial score (nSPS) is 24.3. The van der Waals surface area contributed by atoms with Crippen LogP contribution in [0.1, 0.15) is 12.0 Å². The van der Waals surface area contributed by atoms with Gasteiger partial charge in [0.1, 0.15) is 0 Å². The summed E-state index contributed by atoms with van der Waals surface area (Å²) in [5.74, 6) is -0.0582. The van der Waals surface area contributed by atoms with E-state index in [-0.39, 0.29) is 12.3 Å². The topological polar surface area (TPSA) is 78.4 Å². The summed E-state index contributed by atoms with van der Waals surface area (Å²) in [6.45, 7) is 1.22. The van der Waals surface area contributed by atoms with Gasteiger partial charge in [-0.15, -0.1) is 0 Å². The standard InChI is InChI=1S/C12H18N2O3S/c15-12(6-7-13-9-12)10-14-18(16,17)8-11-4-2-1-3-5-11/h1-5,13-15H,6-10H2. The molecule has 1 saturated heterocycles. The van der Waals surface area contributed by atoms with Crippen LogP contribution in [0, 0.1) is 0 Å². The Morgan fingerprint density at radius 2 is 2.06 bits per heavy atom. The van der Waals surface area contributed by atoms with Crippen LogP contribution in [0.25, 0.3) is 0 Å². The van der Waals surface area contributed by atoms with Crippen LogP contribution in [-0.4, -0.2) is 38.8 Å². The molecule has 1 heterocycles. The van der Waals surface area contributed by atoms with Crippen molar-refractivity contribution in [3.05, 3.63) is 35.9 Å². The molecule has 2 rings (SSSR count). The summed E-state index contributed by atoms with van der Waals surface area (Å²) in [5.41, 5.74) is -0.217. The number of nitrogens with one attached hydrogen (secondary N) is 2. The van der Waals surface area contributed by atoms with Crippen molar-refractivity contribution in [2.75, 3.05) is 19.6 Å². The molecule has 0 aliphatic carbocycles. The molecule has 1 unspecified atom stereocenters. The van der Waals surface area contributed by atoms with Crippen LogP contribution in [0.5, 0.6) is 0 Å². The molecule has 6 heteroatoms. The van der Waals surface area contributed by atoms with E-state index in [1.807, 2.05) is 6.07 Å². The van der Waals surface area contributed by atoms with Crippen molar-refractivity contribution < 1.29 is 13.5 Å². The van der Waals surface area contributed by atoms with Crippen LogP contribution in [-0.2, 0) is 15.8 Å². The number of rotatable bonds is 5. The van der Waals surface area contributed by atoms with Gasteiger partial charge in [-0.05, 0) is 18.5 Å². The lowest BCUT2D eigenvalue weighted by Gasteiger charge is -2.21. The summed E-state index contributed by atoms with van der Waals surface area (Å²) in [7, 11) is -3.40. The number of aliphatic hydroxyl groups is 1. The molecule has 18 heavy (non-hydrogen) atoms. The highest BCUT2D eigenvalue weighted by Crippen LogP contribution is 2.13. The first-order chi connectivity index (χ1) is 8.49. The van der Waals surface area contributed by atoms with Gasteiger partial charge in [0.2, 0.25) is 10.0 Å². The van der Waals surface area contributed by atoms with E-state index >= 15 is 0 Å². The minimum Gasteiger partial charge on any atom is -0.387 e. The Hall–Kier alpha value is -0.950. The van der Waals surface area contributed by atoms with Gasteiger partial charge in [0.25, 0.3) is 0 Å². The predicted octanol–water partition coefficient (Wildman–Crippen LogP) is -0.170. The fraction of sp³-hybridized carbons (Fsp3) is 0.500. The Kier molecular flexibility index (Phi) is 4.01. The van der Waals surface area contributed by atoms with E-state index in [0.717, 1.165) is 12.1 Å². The maximum absolute atomic E-state index is 11.9. The number of sulfonamides is 1. The fourth-order valence-corrected chi connectivity index (χ4v) is 3.19. The first-order valence-corrected chi connectivity index (χ1v) is 7.59. The fourth-order valence-electron chi connectivity index (χ4n) is 1.97. The number of β-amino-alcohol motifs (C(OH)–C–C–N with tert-alkyl or cyclic N) is 1. The first kappa shape index (κ1) is 13.5. The maximum Gasteiger partial charge on any atom is 0.215 e. The van der Waals surface area contributed by atoms with Crippen molar-refractivity contribution in [1.82, 2.24) is 10.0 Å². The molecule has 0 radical (unpaired) electrons. The second-order valence-electron chi connectivity index (χ2n) is 4.72. The van der Waals surface area contributed by atoms with Crippen molar-refractivity contribution in [1.29, 1.82) is 0 Å². The largest absolute Gasteiger partial charge is 0.387 e. The monoisotopic (exact) mass is 270 g/mol. The minimum absolute atomic E-state index is 0.0582. The quantitative estimate of drug-likeness (QED) is 0.694. The zero-order valence-corrected chi connectivity index (χ0v) is 10.9. The van der Waals surface area contributed by atoms with Crippen molar-refractivity contribution >= 4 is 10.0 Å². The lowest BCUT2D eigenvalue weighted by molar-refractivity contribution is 0.0667. The molecule has 1 aliphatic heterocycles. The molecular formula is C12H18N2O3S. The Morgan fingerprint density at radius 1 is 1.33 bits per heavy atom. The van der Waals surface area contributed by atoms with Crippen molar-refractivity contribution in [3.8, 4) is 0 Å². The first-order valence-electron chi connectivity index (χ1n) is 5.94. The molecule has 0 spiro atoms. The van der Waals surface area contributed by atoms with Crippen LogP contribution in [0.3, 0.4) is 0 Å². The minimum atomic E-state index is -3.40. The molecule has 0 aromatic heterocycles. The van der Waals surface area contributed by atoms with Gasteiger partial charge in [0.05, 0.1) is 11.4 Å². The average Bonchev–Trinajstić information content (AvgIpc) is 2.76. The molecule has 1 aliphatic rings. The van der Waals surface area contributed by atoms with Gasteiger partial charge in [-0.1, -0.05) is 30.3 Å². The van der Waals surface area contributed by atoms with Gasteiger partial charge in [0, 0.05) is 13.1 Å². The van der Waals surface area contributed by atoms with Gasteiger partial charge in [-0.3, -0.25) is 0 Å². The molecule has 1 atom stereocenters. The smallest absolute Gasteiger partial charge is 0.215 e. The molecule has 1 fully saturated rings. The van der Waals surface area contributed by atoms with Crippen LogP contribution in [0.4, 0.5) is 0 Å². The van der Waals surface area contributed by atoms with Crippen LogP contribution < -0.4 is 10.0 Å². The molecule has 1 aromatic rings. The van der Waals surface area contributed by atoms with Crippen molar-refractivity contribution in [2.45, 2.75) is 17.8 Å². The summed E-state index contributed by atoms with van der Waals surface area (Å²) >= 11 is 0. The third-order valence-corrected chi connectivity index (χ3v) is 4.34. The van der Waals surface area contributed by atoms with E-state index in [1.54, 1.807) is 24.3 Å². The van der Waals surface area contributed by atoms with E-state index in [2.05, 4.69) is 10.0 Å². The highest BCUT2D eigenvalue weighted by molar-refractivity contribution is 7.88. The van der Waals surface area contributed by atoms with Crippen molar-refractivity contribution in [3.63, 3.8) is 0 Å². The summed E-state index contributed by atoms with van der Waals surface area (Å²) in [6, 6.07) is 8.99. The molecular weight excluding hydrogens is 252 g/mol. The maximum atomic E-state index is 11.9. The molecule has 5 nitrogen and oxygen atoms in total. The van der Waals surface area contributed by atoms with Crippen molar-refractivity contribution in [2.24, 2.45) is 0 Å². The van der Waals surface area contributed by atoms with Gasteiger partial charge in [-0.2, -0.15) is 0 Å². The average molecular weight is 270 g/mol. The predicted molar refractivity (Wildman–Crippen MR) is 69.5 cm³/mol. The van der Waals surface area contributed by atoms with Crippen LogP contribution >= 0.6 is 0 Å². The van der Waals surface area contributed by atoms with E-state index in [0.29, 0.717) is 13.0 Å². The lowest BCUT2D eigenvalue weighted by atomic mass is 10.1. The lowest BCUT2D eigenvalue weighted by Crippen LogP contribution is -2.44. The van der Waals surface area contributed by atoms with Gasteiger partial charge < -0.3 is 10.4 Å². The van der Waals surface area contributed by atoms with E-state index in [1.165, 1.54) is 0 Å². The molecule has 0 saturated carbocycles. The van der Waals surface area contributed by atoms with E-state index in [9.17, 15) is 13.5 Å². The Bertz CT molecular complexity index is 481. The third-order valence-electron chi connectivity index (χ3n) is 3.04. The second kappa shape index (κ2) is 5.36. The Morgan fingerprint density at radius 3 is 2.67 bits per heavy atom. The summed E-state index contributed by atoms with van der Waals surface area (Å²) in [5, 5.41) is 13.0. The Labute approximate surface area is 107 Å². The number of hydrogen-bond acceptors (Lipinski definition) is 4. The molecule has 0 bridgehead atoms. The molecule has 1 aromatic carbocycles. The number of hydrogen-bond donors (Lipinski definition) is 3. The van der Waals surface area contributed by atoms with E-state index < -0.39 is 15.6 Å². The highest BCUT2D eigenvalue weighted by Gasteiger charge is 2.32. The van der Waals surface area contributed by atoms with Gasteiger partial charge >= 0.3 is 0 Å². The zero-order chi connectivity index (χ0) is 13.1. The van der Waals surface area contributed by atoms with Crippen LogP contribution in [0.15, 0.2) is 30.3 Å².